The number of halogens is 1. The van der Waals surface area contributed by atoms with Crippen LogP contribution in [0, 0.1) is 12.7 Å². The number of nitrogens with one attached hydrogen (secondary N) is 1. The Balaban J connectivity index is 2.19. The van der Waals surface area contributed by atoms with Crippen molar-refractivity contribution in [1.82, 2.24) is 5.32 Å². The molecule has 1 saturated heterocycles. The van der Waals surface area contributed by atoms with Crippen LogP contribution in [0.25, 0.3) is 0 Å². The van der Waals surface area contributed by atoms with E-state index in [1.165, 1.54) is 6.42 Å². The smallest absolute Gasteiger partial charge is 0.126 e. The average Bonchev–Trinajstić information content (AvgIpc) is 2.59. The molecule has 15 heavy (non-hydrogen) atoms. The third kappa shape index (κ3) is 2.37. The van der Waals surface area contributed by atoms with Gasteiger partial charge in [-0.25, -0.2) is 4.39 Å². The van der Waals surface area contributed by atoms with Crippen LogP contribution in [-0.2, 0) is 6.42 Å². The Hall–Kier alpha value is -0.890. The zero-order valence-corrected chi connectivity index (χ0v) is 9.44. The zero-order valence-electron chi connectivity index (χ0n) is 9.44. The minimum absolute atomic E-state index is 0.0736. The molecule has 1 heterocycles. The van der Waals surface area contributed by atoms with Crippen LogP contribution in [0.15, 0.2) is 18.2 Å². The normalized spacial score (nSPS) is 25.8. The Kier molecular flexibility index (Phi) is 2.79. The maximum absolute atomic E-state index is 13.6. The lowest BCUT2D eigenvalue weighted by Crippen LogP contribution is -2.38. The second-order valence-electron chi connectivity index (χ2n) is 4.86. The molecule has 2 rings (SSSR count). The Morgan fingerprint density at radius 1 is 1.47 bits per heavy atom. The van der Waals surface area contributed by atoms with Gasteiger partial charge in [-0.15, -0.1) is 0 Å². The van der Waals surface area contributed by atoms with Crippen LogP contribution < -0.4 is 5.32 Å². The molecule has 0 spiro atoms. The molecule has 1 fully saturated rings. The number of rotatable bonds is 2. The first kappa shape index (κ1) is 10.6. The number of benzene rings is 1. The van der Waals surface area contributed by atoms with Gasteiger partial charge in [-0.05, 0) is 51.3 Å². The monoisotopic (exact) mass is 207 g/mol. The van der Waals surface area contributed by atoms with Gasteiger partial charge in [0, 0.05) is 5.54 Å². The van der Waals surface area contributed by atoms with E-state index < -0.39 is 0 Å². The van der Waals surface area contributed by atoms with E-state index in [2.05, 4.69) is 12.2 Å². The molecule has 1 aliphatic heterocycles. The Morgan fingerprint density at radius 3 is 2.93 bits per heavy atom. The van der Waals surface area contributed by atoms with Crippen LogP contribution in [0.4, 0.5) is 4.39 Å². The van der Waals surface area contributed by atoms with Gasteiger partial charge >= 0.3 is 0 Å². The van der Waals surface area contributed by atoms with Gasteiger partial charge in [0.25, 0.3) is 0 Å². The van der Waals surface area contributed by atoms with Crippen LogP contribution >= 0.6 is 0 Å². The van der Waals surface area contributed by atoms with Crippen LogP contribution in [0.1, 0.15) is 30.9 Å². The number of aryl methyl sites for hydroxylation is 1. The molecule has 0 aliphatic carbocycles. The summed E-state index contributed by atoms with van der Waals surface area (Å²) in [6.07, 6.45) is 3.13. The van der Waals surface area contributed by atoms with Crippen molar-refractivity contribution in [2.45, 2.75) is 38.6 Å². The molecule has 0 saturated carbocycles. The highest BCUT2D eigenvalue weighted by atomic mass is 19.1. The molecule has 1 aromatic carbocycles. The van der Waals surface area contributed by atoms with Crippen molar-refractivity contribution >= 4 is 0 Å². The van der Waals surface area contributed by atoms with Crippen molar-refractivity contribution < 1.29 is 4.39 Å². The third-order valence-electron chi connectivity index (χ3n) is 3.24. The van der Waals surface area contributed by atoms with Crippen LogP contribution in [0.5, 0.6) is 0 Å². The van der Waals surface area contributed by atoms with Gasteiger partial charge in [0.1, 0.15) is 5.82 Å². The second kappa shape index (κ2) is 3.93. The molecule has 0 aromatic heterocycles. The molecular weight excluding hydrogens is 189 g/mol. The van der Waals surface area contributed by atoms with Crippen LogP contribution in [0.3, 0.4) is 0 Å². The lowest BCUT2D eigenvalue weighted by Gasteiger charge is -2.24. The van der Waals surface area contributed by atoms with Gasteiger partial charge in [-0.3, -0.25) is 0 Å². The SMILES string of the molecule is Cc1ccc(F)c(CC2(C)CCCN2)c1. The highest BCUT2D eigenvalue weighted by Crippen LogP contribution is 2.25. The van der Waals surface area contributed by atoms with Crippen molar-refractivity contribution in [3.8, 4) is 0 Å². The molecule has 82 valence electrons. The van der Waals surface area contributed by atoms with Crippen LogP contribution in [0.2, 0.25) is 0 Å². The summed E-state index contributed by atoms with van der Waals surface area (Å²) in [5, 5.41) is 3.46. The molecule has 1 N–H and O–H groups in total. The van der Waals surface area contributed by atoms with E-state index in [1.54, 1.807) is 6.07 Å². The van der Waals surface area contributed by atoms with Gasteiger partial charge in [-0.2, -0.15) is 0 Å². The van der Waals surface area contributed by atoms with Gasteiger partial charge in [0.2, 0.25) is 0 Å². The first-order valence-corrected chi connectivity index (χ1v) is 5.59. The summed E-state index contributed by atoms with van der Waals surface area (Å²) >= 11 is 0. The van der Waals surface area contributed by atoms with Crippen LogP contribution in [-0.4, -0.2) is 12.1 Å². The summed E-state index contributed by atoms with van der Waals surface area (Å²) < 4.78 is 13.6. The first-order chi connectivity index (χ1) is 7.09. The van der Waals surface area contributed by atoms with Gasteiger partial charge < -0.3 is 5.32 Å². The van der Waals surface area contributed by atoms with E-state index >= 15 is 0 Å². The van der Waals surface area contributed by atoms with Crippen molar-refractivity contribution in [2.24, 2.45) is 0 Å². The summed E-state index contributed by atoms with van der Waals surface area (Å²) in [7, 11) is 0. The largest absolute Gasteiger partial charge is 0.311 e. The third-order valence-corrected chi connectivity index (χ3v) is 3.24. The summed E-state index contributed by atoms with van der Waals surface area (Å²) in [6, 6.07) is 5.35. The lowest BCUT2D eigenvalue weighted by atomic mass is 9.90. The van der Waals surface area contributed by atoms with Gasteiger partial charge in [0.05, 0.1) is 0 Å². The topological polar surface area (TPSA) is 12.0 Å². The van der Waals surface area contributed by atoms with Crippen molar-refractivity contribution in [3.63, 3.8) is 0 Å². The number of hydrogen-bond donors (Lipinski definition) is 1. The molecular formula is C13H18FN. The van der Waals surface area contributed by atoms with E-state index in [1.807, 2.05) is 19.1 Å². The summed E-state index contributed by atoms with van der Waals surface area (Å²) in [4.78, 5) is 0. The summed E-state index contributed by atoms with van der Waals surface area (Å²) in [5.74, 6) is -0.0736. The highest BCUT2D eigenvalue weighted by Gasteiger charge is 2.28. The quantitative estimate of drug-likeness (QED) is 0.786. The van der Waals surface area contributed by atoms with E-state index in [0.717, 1.165) is 30.5 Å². The predicted octanol–water partition coefficient (Wildman–Crippen LogP) is 2.82. The molecule has 2 heteroatoms. The first-order valence-electron chi connectivity index (χ1n) is 5.59. The molecule has 1 aromatic rings. The Labute approximate surface area is 90.7 Å². The fourth-order valence-corrected chi connectivity index (χ4v) is 2.37. The van der Waals surface area contributed by atoms with E-state index in [0.29, 0.717) is 0 Å². The fraction of sp³-hybridized carbons (Fsp3) is 0.538. The Morgan fingerprint density at radius 2 is 2.27 bits per heavy atom. The van der Waals surface area contributed by atoms with Crippen molar-refractivity contribution in [1.29, 1.82) is 0 Å². The summed E-state index contributed by atoms with van der Waals surface area (Å²) in [5.41, 5.74) is 2.06. The molecule has 1 atom stereocenters. The standard InChI is InChI=1S/C13H18FN/c1-10-4-5-12(14)11(8-10)9-13(2)6-3-7-15-13/h4-5,8,15H,3,6-7,9H2,1-2H3. The fourth-order valence-electron chi connectivity index (χ4n) is 2.37. The molecule has 1 nitrogen and oxygen atoms in total. The maximum atomic E-state index is 13.6. The second-order valence-corrected chi connectivity index (χ2v) is 4.86. The molecule has 0 amide bonds. The Bertz CT molecular complexity index is 354. The minimum atomic E-state index is -0.0736. The van der Waals surface area contributed by atoms with Gasteiger partial charge in [-0.1, -0.05) is 17.7 Å². The molecule has 0 radical (unpaired) electrons. The number of hydrogen-bond acceptors (Lipinski definition) is 1. The average molecular weight is 207 g/mol. The highest BCUT2D eigenvalue weighted by molar-refractivity contribution is 5.26. The molecule has 0 bridgehead atoms. The van der Waals surface area contributed by atoms with Crippen molar-refractivity contribution in [3.05, 3.63) is 35.1 Å². The van der Waals surface area contributed by atoms with E-state index in [4.69, 9.17) is 0 Å². The zero-order chi connectivity index (χ0) is 10.9. The molecule has 1 unspecified atom stereocenters. The van der Waals surface area contributed by atoms with Gasteiger partial charge in [0.15, 0.2) is 0 Å². The summed E-state index contributed by atoms with van der Waals surface area (Å²) in [6.45, 7) is 5.25. The molecule has 1 aliphatic rings. The predicted molar refractivity (Wildman–Crippen MR) is 60.5 cm³/mol. The van der Waals surface area contributed by atoms with E-state index in [-0.39, 0.29) is 11.4 Å². The van der Waals surface area contributed by atoms with Crippen molar-refractivity contribution in [2.75, 3.05) is 6.54 Å². The lowest BCUT2D eigenvalue weighted by molar-refractivity contribution is 0.405. The minimum Gasteiger partial charge on any atom is -0.311 e. The van der Waals surface area contributed by atoms with E-state index in [9.17, 15) is 4.39 Å². The maximum Gasteiger partial charge on any atom is 0.126 e.